The second kappa shape index (κ2) is 14.0. The van der Waals surface area contributed by atoms with Gasteiger partial charge < -0.3 is 0 Å². The van der Waals surface area contributed by atoms with Crippen LogP contribution in [0.2, 0.25) is 0 Å². The third-order valence-electron chi connectivity index (χ3n) is 12.3. The van der Waals surface area contributed by atoms with Crippen molar-refractivity contribution in [3.8, 4) is 55.6 Å². The zero-order valence-electron chi connectivity index (χ0n) is 30.4. The molecule has 2 aliphatic rings. The number of fused-ring (bicyclic) bond motifs is 6. The first-order chi connectivity index (χ1) is 26.8. The molecule has 258 valence electrons. The van der Waals surface area contributed by atoms with E-state index in [0.717, 1.165) is 12.8 Å². The molecule has 1 fully saturated rings. The monoisotopic (exact) mass is 690 g/mol. The summed E-state index contributed by atoms with van der Waals surface area (Å²) in [6.07, 6.45) is 2.20. The van der Waals surface area contributed by atoms with Crippen LogP contribution in [0.3, 0.4) is 0 Å². The highest BCUT2D eigenvalue weighted by molar-refractivity contribution is 5.94. The van der Waals surface area contributed by atoms with Crippen molar-refractivity contribution in [1.29, 1.82) is 0 Å². The van der Waals surface area contributed by atoms with Crippen molar-refractivity contribution in [2.45, 2.75) is 36.5 Å². The van der Waals surface area contributed by atoms with Gasteiger partial charge in [0.1, 0.15) is 0 Å². The van der Waals surface area contributed by atoms with Crippen LogP contribution in [-0.4, -0.2) is 0 Å². The third kappa shape index (κ3) is 5.80. The molecule has 0 amide bonds. The van der Waals surface area contributed by atoms with E-state index in [-0.39, 0.29) is 0 Å². The first kappa shape index (κ1) is 32.4. The van der Waals surface area contributed by atoms with E-state index in [1.807, 2.05) is 0 Å². The van der Waals surface area contributed by atoms with Crippen LogP contribution in [0.1, 0.15) is 58.8 Å². The first-order valence-electron chi connectivity index (χ1n) is 19.5. The number of rotatable bonds is 6. The number of benzene rings is 8. The zero-order chi connectivity index (χ0) is 35.8. The molecule has 0 saturated heterocycles. The summed E-state index contributed by atoms with van der Waals surface area (Å²) in [6.45, 7) is 0. The summed E-state index contributed by atoms with van der Waals surface area (Å²) in [4.78, 5) is 0. The van der Waals surface area contributed by atoms with Gasteiger partial charge in [0.15, 0.2) is 0 Å². The molecule has 0 heteroatoms. The SMILES string of the molecule is c1ccc(-c2cc3c(cc2-c2ccccc2)C2CC(c4ccccc4)[C@H](c4ccccc4)CC2c2cc(-c4ccccc4)c(-c4ccccc4)cc2-3)cc1. The van der Waals surface area contributed by atoms with Gasteiger partial charge >= 0.3 is 0 Å². The fourth-order valence-electron chi connectivity index (χ4n) is 9.77. The largest absolute Gasteiger partial charge is 0.0622 e. The Labute approximate surface area is 319 Å². The van der Waals surface area contributed by atoms with Gasteiger partial charge in [0.05, 0.1) is 0 Å². The Kier molecular flexibility index (Phi) is 8.38. The van der Waals surface area contributed by atoms with Gasteiger partial charge in [-0.2, -0.15) is 0 Å². The van der Waals surface area contributed by atoms with Gasteiger partial charge in [0, 0.05) is 0 Å². The summed E-state index contributed by atoms with van der Waals surface area (Å²) in [7, 11) is 0. The smallest absolute Gasteiger partial charge is 0.00802 e. The lowest BCUT2D eigenvalue weighted by molar-refractivity contribution is 0.305. The van der Waals surface area contributed by atoms with E-state index in [4.69, 9.17) is 0 Å². The third-order valence-corrected chi connectivity index (χ3v) is 12.3. The van der Waals surface area contributed by atoms with E-state index >= 15 is 0 Å². The highest BCUT2D eigenvalue weighted by Crippen LogP contribution is 2.62. The van der Waals surface area contributed by atoms with Crippen molar-refractivity contribution in [1.82, 2.24) is 0 Å². The maximum Gasteiger partial charge on any atom is -0.00802 e. The normalized spacial score (nSPS) is 18.6. The van der Waals surface area contributed by atoms with Crippen LogP contribution in [0.25, 0.3) is 55.6 Å². The molecule has 0 aromatic heterocycles. The molecular formula is C54H42. The van der Waals surface area contributed by atoms with E-state index < -0.39 is 0 Å². The van der Waals surface area contributed by atoms with E-state index in [1.54, 1.807) is 0 Å². The summed E-state index contributed by atoms with van der Waals surface area (Å²) in [5.41, 5.74) is 18.9. The number of hydrogen-bond acceptors (Lipinski definition) is 0. The maximum atomic E-state index is 2.59. The molecule has 0 spiro atoms. The van der Waals surface area contributed by atoms with Crippen molar-refractivity contribution in [3.63, 3.8) is 0 Å². The Balaban J connectivity index is 1.27. The lowest BCUT2D eigenvalue weighted by atomic mass is 9.57. The molecule has 3 unspecified atom stereocenters. The van der Waals surface area contributed by atoms with Crippen molar-refractivity contribution < 1.29 is 0 Å². The second-order valence-corrected chi connectivity index (χ2v) is 15.2. The summed E-state index contributed by atoms with van der Waals surface area (Å²) in [5.74, 6) is 1.57. The van der Waals surface area contributed by atoms with Crippen molar-refractivity contribution in [2.24, 2.45) is 0 Å². The summed E-state index contributed by atoms with van der Waals surface area (Å²) >= 11 is 0. The van der Waals surface area contributed by atoms with Crippen molar-refractivity contribution >= 4 is 0 Å². The average Bonchev–Trinajstić information content (AvgIpc) is 3.27. The van der Waals surface area contributed by atoms with Gasteiger partial charge in [0.25, 0.3) is 0 Å². The zero-order valence-corrected chi connectivity index (χ0v) is 30.4. The molecule has 0 heterocycles. The van der Waals surface area contributed by atoms with Crippen LogP contribution in [0.5, 0.6) is 0 Å². The van der Waals surface area contributed by atoms with Crippen molar-refractivity contribution in [3.05, 3.63) is 229 Å². The van der Waals surface area contributed by atoms with Crippen LogP contribution >= 0.6 is 0 Å². The fraction of sp³-hybridized carbons (Fsp3) is 0.111. The Morgan fingerprint density at radius 2 is 0.500 bits per heavy atom. The van der Waals surface area contributed by atoms with Gasteiger partial charge in [-0.25, -0.2) is 0 Å². The van der Waals surface area contributed by atoms with Gasteiger partial charge in [0.2, 0.25) is 0 Å². The van der Waals surface area contributed by atoms with E-state index in [1.165, 1.54) is 77.9 Å². The molecule has 2 aliphatic carbocycles. The summed E-state index contributed by atoms with van der Waals surface area (Å²) in [5, 5.41) is 0. The van der Waals surface area contributed by atoms with Crippen molar-refractivity contribution in [2.75, 3.05) is 0 Å². The molecule has 4 atom stereocenters. The lowest BCUT2D eigenvalue weighted by Crippen LogP contribution is -2.30. The Hall–Kier alpha value is -6.24. The van der Waals surface area contributed by atoms with Crippen LogP contribution in [0.4, 0.5) is 0 Å². The quantitative estimate of drug-likeness (QED) is 0.163. The van der Waals surface area contributed by atoms with Gasteiger partial charge in [-0.1, -0.05) is 182 Å². The van der Waals surface area contributed by atoms with Gasteiger partial charge in [-0.05, 0) is 139 Å². The van der Waals surface area contributed by atoms with Crippen LogP contribution in [-0.2, 0) is 0 Å². The van der Waals surface area contributed by atoms with Crippen LogP contribution < -0.4 is 0 Å². The van der Waals surface area contributed by atoms with Crippen LogP contribution in [0, 0.1) is 0 Å². The lowest BCUT2D eigenvalue weighted by Gasteiger charge is -2.46. The van der Waals surface area contributed by atoms with Gasteiger partial charge in [-0.3, -0.25) is 0 Å². The molecule has 8 aromatic carbocycles. The molecule has 0 N–H and O–H groups in total. The molecule has 1 saturated carbocycles. The average molecular weight is 691 g/mol. The summed E-state index contributed by atoms with van der Waals surface area (Å²) < 4.78 is 0. The minimum Gasteiger partial charge on any atom is -0.0622 e. The molecular weight excluding hydrogens is 649 g/mol. The Morgan fingerprint density at radius 3 is 0.796 bits per heavy atom. The molecule has 8 aromatic rings. The molecule has 10 rings (SSSR count). The molecule has 0 aliphatic heterocycles. The van der Waals surface area contributed by atoms with E-state index in [2.05, 4.69) is 206 Å². The predicted molar refractivity (Wildman–Crippen MR) is 227 cm³/mol. The molecule has 0 bridgehead atoms. The highest BCUT2D eigenvalue weighted by Gasteiger charge is 2.44. The van der Waals surface area contributed by atoms with Gasteiger partial charge in [-0.15, -0.1) is 0 Å². The molecule has 54 heavy (non-hydrogen) atoms. The highest BCUT2D eigenvalue weighted by atomic mass is 14.5. The summed E-state index contributed by atoms with van der Waals surface area (Å²) in [6, 6.07) is 77.0. The fourth-order valence-corrected chi connectivity index (χ4v) is 9.77. The Bertz CT molecular complexity index is 2340. The second-order valence-electron chi connectivity index (χ2n) is 15.2. The first-order valence-corrected chi connectivity index (χ1v) is 19.5. The maximum absolute atomic E-state index is 2.59. The van der Waals surface area contributed by atoms with E-state index in [0.29, 0.717) is 23.7 Å². The number of hydrogen-bond donors (Lipinski definition) is 0. The van der Waals surface area contributed by atoms with E-state index in [9.17, 15) is 0 Å². The Morgan fingerprint density at radius 1 is 0.241 bits per heavy atom. The topological polar surface area (TPSA) is 0 Å². The molecule has 0 nitrogen and oxygen atoms in total. The molecule has 0 radical (unpaired) electrons. The van der Waals surface area contributed by atoms with Crippen LogP contribution in [0.15, 0.2) is 206 Å². The predicted octanol–water partition coefficient (Wildman–Crippen LogP) is 14.6. The standard InChI is InChI=1S/C54H42/c1-7-19-37(20-8-1)43-31-49-50(32-44(43)38-21-9-2-10-22-38)52-34-46(40-25-13-4-14-26-40)48(42-29-17-6-18-30-42)36-54(52)53-35-47(41-27-15-5-16-28-41)45(33-51(49)53)39-23-11-3-12-24-39/h1-33,35,46,48,52,54H,34,36H2/t46-,48?,52?,54?/m0/s1. The minimum absolute atomic E-state index is 0.371. The minimum atomic E-state index is 0.371.